The molecule has 1 aliphatic heterocycles. The summed E-state index contributed by atoms with van der Waals surface area (Å²) < 4.78 is 12.4. The average molecular weight is 400 g/mol. The first-order valence-corrected chi connectivity index (χ1v) is 11.6. The van der Waals surface area contributed by atoms with E-state index in [4.69, 9.17) is 15.9 Å². The van der Waals surface area contributed by atoms with Gasteiger partial charge < -0.3 is 9.47 Å². The first kappa shape index (κ1) is 19.7. The first-order valence-electron chi connectivity index (χ1n) is 9.78. The topological polar surface area (TPSA) is 18.5 Å². The molecule has 3 heteroatoms. The molecule has 0 N–H and O–H groups in total. The zero-order chi connectivity index (χ0) is 20.3. The van der Waals surface area contributed by atoms with Crippen molar-refractivity contribution in [3.63, 3.8) is 0 Å². The van der Waals surface area contributed by atoms with Crippen LogP contribution in [0.25, 0.3) is 0 Å². The van der Waals surface area contributed by atoms with Crippen molar-refractivity contribution in [2.75, 3.05) is 6.61 Å². The lowest BCUT2D eigenvalue weighted by Gasteiger charge is -2.41. The van der Waals surface area contributed by atoms with Gasteiger partial charge in [-0.15, -0.1) is 6.42 Å². The van der Waals surface area contributed by atoms with E-state index in [9.17, 15) is 0 Å². The van der Waals surface area contributed by atoms with Gasteiger partial charge in [-0.25, -0.2) is 0 Å². The van der Waals surface area contributed by atoms with Crippen LogP contribution in [0.3, 0.4) is 0 Å². The van der Waals surface area contributed by atoms with Gasteiger partial charge in [-0.3, -0.25) is 0 Å². The van der Waals surface area contributed by atoms with Crippen molar-refractivity contribution >= 4 is 28.1 Å². The van der Waals surface area contributed by atoms with Gasteiger partial charge in [0.05, 0.1) is 6.61 Å². The van der Waals surface area contributed by atoms with Gasteiger partial charge in [-0.05, 0) is 36.6 Å². The molecule has 0 aromatic heterocycles. The first-order chi connectivity index (χ1) is 14.1. The van der Waals surface area contributed by atoms with Gasteiger partial charge in [0.1, 0.15) is 6.10 Å². The Kier molecular flexibility index (Phi) is 5.48. The summed E-state index contributed by atoms with van der Waals surface area (Å²) in [5.41, 5.74) is 0. The number of hydrogen-bond donors (Lipinski definition) is 0. The van der Waals surface area contributed by atoms with Crippen LogP contribution >= 0.6 is 6.89 Å². The van der Waals surface area contributed by atoms with E-state index in [1.54, 1.807) is 0 Å². The van der Waals surface area contributed by atoms with E-state index < -0.39 is 18.8 Å². The molecule has 29 heavy (non-hydrogen) atoms. The lowest BCUT2D eigenvalue weighted by molar-refractivity contribution is -0.223. The normalized spacial score (nSPS) is 18.8. The van der Waals surface area contributed by atoms with E-state index in [1.165, 1.54) is 15.9 Å². The minimum Gasteiger partial charge on any atom is -0.346 e. The number of rotatable bonds is 3. The molecule has 1 atom stereocenters. The van der Waals surface area contributed by atoms with E-state index in [0.717, 1.165) is 5.29 Å². The molecule has 1 unspecified atom stereocenters. The Bertz CT molecular complexity index is 961. The minimum atomic E-state index is -2.23. The number of ether oxygens (including phenoxy) is 2. The Labute approximate surface area is 173 Å². The second-order valence-corrected chi connectivity index (χ2v) is 11.0. The molecule has 0 radical (unpaired) electrons. The molecule has 0 saturated carbocycles. The van der Waals surface area contributed by atoms with Crippen molar-refractivity contribution < 1.29 is 9.47 Å². The molecule has 0 spiro atoms. The third-order valence-corrected chi connectivity index (χ3v) is 9.73. The molecule has 3 aromatic carbocycles. The molecule has 1 heterocycles. The third kappa shape index (κ3) is 3.59. The van der Waals surface area contributed by atoms with Crippen LogP contribution in [0, 0.1) is 12.3 Å². The Morgan fingerprint density at radius 3 is 1.59 bits per heavy atom. The summed E-state index contributed by atoms with van der Waals surface area (Å²) in [5, 5.41) is 4.88. The summed E-state index contributed by atoms with van der Waals surface area (Å²) in [5.74, 6) is 2.20. The fourth-order valence-corrected chi connectivity index (χ4v) is 8.50. The molecule has 4 rings (SSSR count). The lowest BCUT2D eigenvalue weighted by Crippen LogP contribution is -2.48. The highest BCUT2D eigenvalue weighted by atomic mass is 31.2. The van der Waals surface area contributed by atoms with Crippen LogP contribution in [0.2, 0.25) is 0 Å². The minimum absolute atomic E-state index is 0.423. The van der Waals surface area contributed by atoms with Gasteiger partial charge in [-0.2, -0.15) is 0 Å². The SMILES string of the molecule is C#CC1OC(C)(C)OCC1=P(c1ccccc1)(c1ccccc1)c1ccccc1. The largest absolute Gasteiger partial charge is 0.346 e. The lowest BCUT2D eigenvalue weighted by atomic mass is 10.2. The predicted octanol–water partition coefficient (Wildman–Crippen LogP) is 3.94. The van der Waals surface area contributed by atoms with Crippen molar-refractivity contribution in [3.8, 4) is 12.3 Å². The maximum Gasteiger partial charge on any atom is 0.165 e. The maximum absolute atomic E-state index is 6.24. The quantitative estimate of drug-likeness (QED) is 0.490. The van der Waals surface area contributed by atoms with Crippen LogP contribution in [0.1, 0.15) is 13.8 Å². The molecule has 0 bridgehead atoms. The highest BCUT2D eigenvalue weighted by Crippen LogP contribution is 2.48. The van der Waals surface area contributed by atoms with Gasteiger partial charge in [0.25, 0.3) is 0 Å². The zero-order valence-electron chi connectivity index (χ0n) is 16.8. The van der Waals surface area contributed by atoms with E-state index in [0.29, 0.717) is 6.61 Å². The Morgan fingerprint density at radius 2 is 1.21 bits per heavy atom. The third-order valence-electron chi connectivity index (χ3n) is 5.28. The molecule has 1 fully saturated rings. The highest BCUT2D eigenvalue weighted by molar-refractivity contribution is 7.95. The summed E-state index contributed by atoms with van der Waals surface area (Å²) in [6, 6.07) is 31.9. The predicted molar refractivity (Wildman–Crippen MR) is 124 cm³/mol. The van der Waals surface area contributed by atoms with Crippen molar-refractivity contribution in [3.05, 3.63) is 91.0 Å². The van der Waals surface area contributed by atoms with Gasteiger partial charge >= 0.3 is 0 Å². The summed E-state index contributed by atoms with van der Waals surface area (Å²) in [6.45, 7) is 2.07. The van der Waals surface area contributed by atoms with Crippen LogP contribution < -0.4 is 15.9 Å². The number of benzene rings is 3. The van der Waals surface area contributed by atoms with Gasteiger partial charge in [0.2, 0.25) is 0 Å². The highest BCUT2D eigenvalue weighted by Gasteiger charge is 2.39. The number of terminal acetylenes is 1. The average Bonchev–Trinajstić information content (AvgIpc) is 2.77. The summed E-state index contributed by atoms with van der Waals surface area (Å²) >= 11 is 0. The van der Waals surface area contributed by atoms with Gasteiger partial charge in [0.15, 0.2) is 5.79 Å². The van der Waals surface area contributed by atoms with Crippen molar-refractivity contribution in [2.45, 2.75) is 25.7 Å². The van der Waals surface area contributed by atoms with E-state index >= 15 is 0 Å². The van der Waals surface area contributed by atoms with E-state index in [-0.39, 0.29) is 0 Å². The molecule has 1 saturated heterocycles. The van der Waals surface area contributed by atoms with Gasteiger partial charge in [0, 0.05) is 5.29 Å². The van der Waals surface area contributed by atoms with Crippen molar-refractivity contribution in [2.24, 2.45) is 0 Å². The molecule has 3 aromatic rings. The van der Waals surface area contributed by atoms with E-state index in [1.807, 2.05) is 13.8 Å². The van der Waals surface area contributed by atoms with Crippen LogP contribution in [0.15, 0.2) is 91.0 Å². The smallest absolute Gasteiger partial charge is 0.165 e. The van der Waals surface area contributed by atoms with Crippen molar-refractivity contribution in [1.29, 1.82) is 0 Å². The van der Waals surface area contributed by atoms with Gasteiger partial charge in [-0.1, -0.05) is 96.9 Å². The molecule has 2 nitrogen and oxygen atoms in total. The fraction of sp³-hybridized carbons (Fsp3) is 0.192. The Morgan fingerprint density at radius 1 is 0.793 bits per heavy atom. The summed E-state index contributed by atoms with van der Waals surface area (Å²) in [4.78, 5) is 0. The summed E-state index contributed by atoms with van der Waals surface area (Å²) in [6.07, 6.45) is 5.59. The monoisotopic (exact) mass is 400 g/mol. The zero-order valence-corrected chi connectivity index (χ0v) is 17.7. The summed E-state index contributed by atoms with van der Waals surface area (Å²) in [7, 11) is 0. The van der Waals surface area contributed by atoms with Crippen molar-refractivity contribution in [1.82, 2.24) is 0 Å². The maximum atomic E-state index is 6.24. The van der Waals surface area contributed by atoms with E-state index in [2.05, 4.69) is 96.9 Å². The Hall–Kier alpha value is -2.56. The molecular weight excluding hydrogens is 375 g/mol. The second-order valence-electron chi connectivity index (χ2n) is 7.52. The molecular formula is C26H25O2P. The molecule has 0 amide bonds. The number of hydrogen-bond acceptors (Lipinski definition) is 2. The molecule has 0 aliphatic carbocycles. The van der Waals surface area contributed by atoms with Crippen LogP contribution in [-0.4, -0.2) is 23.8 Å². The second kappa shape index (κ2) is 8.05. The fourth-order valence-electron chi connectivity index (χ4n) is 4.01. The van der Waals surface area contributed by atoms with Crippen LogP contribution in [0.5, 0.6) is 0 Å². The standard InChI is InChI=1S/C26H25O2P/c1-4-24-25(20-27-26(2,3)28-24)29(21-14-8-5-9-15-21,22-16-10-6-11-17-22)23-18-12-7-13-19-23/h1,5-19,24H,20H2,2-3H3. The van der Waals surface area contributed by atoms with Crippen LogP contribution in [0.4, 0.5) is 0 Å². The van der Waals surface area contributed by atoms with Crippen LogP contribution in [-0.2, 0) is 9.47 Å². The molecule has 1 aliphatic rings. The molecule has 146 valence electrons. The Balaban J connectivity index is 2.17.